The summed E-state index contributed by atoms with van der Waals surface area (Å²) in [5, 5.41) is 0. The Balaban J connectivity index is 2.57. The van der Waals surface area contributed by atoms with Crippen LogP contribution in [-0.2, 0) is 24.7 Å². The van der Waals surface area contributed by atoms with Crippen LogP contribution in [0.3, 0.4) is 0 Å². The van der Waals surface area contributed by atoms with Gasteiger partial charge in [-0.1, -0.05) is 18.2 Å². The van der Waals surface area contributed by atoms with E-state index in [1.54, 1.807) is 0 Å². The van der Waals surface area contributed by atoms with Crippen LogP contribution in [0.5, 0.6) is 0 Å². The molecule has 0 unspecified atom stereocenters. The highest BCUT2D eigenvalue weighted by Gasteiger charge is 2.44. The van der Waals surface area contributed by atoms with Crippen LogP contribution >= 0.6 is 0 Å². The molecule has 4 N–H and O–H groups in total. The SMILES string of the molecule is Nc1cc(C(F)(F)F)c(N(c2ccccc2)c2cc(C(F)(F)F)c(N)cc2C(F)(F)F)cc1C(F)(F)F. The van der Waals surface area contributed by atoms with Gasteiger partial charge in [-0.05, 0) is 36.4 Å². The minimum absolute atomic E-state index is 0.00495. The molecule has 0 amide bonds. The molecule has 0 atom stereocenters. The smallest absolute Gasteiger partial charge is 0.398 e. The van der Waals surface area contributed by atoms with E-state index < -0.39 is 75.4 Å². The fraction of sp³-hybridized carbons (Fsp3) is 0.182. The van der Waals surface area contributed by atoms with Crippen molar-refractivity contribution in [2.45, 2.75) is 24.7 Å². The Morgan fingerprint density at radius 3 is 1.08 bits per heavy atom. The molecule has 0 saturated carbocycles. The molecule has 3 rings (SSSR count). The van der Waals surface area contributed by atoms with Gasteiger partial charge in [0.05, 0.1) is 33.6 Å². The van der Waals surface area contributed by atoms with Gasteiger partial charge in [0.15, 0.2) is 0 Å². The second-order valence-corrected chi connectivity index (χ2v) is 7.58. The van der Waals surface area contributed by atoms with Crippen molar-refractivity contribution < 1.29 is 52.7 Å². The number of hydrogen-bond acceptors (Lipinski definition) is 3. The van der Waals surface area contributed by atoms with Crippen LogP contribution in [0.1, 0.15) is 22.3 Å². The van der Waals surface area contributed by atoms with E-state index in [-0.39, 0.29) is 29.2 Å². The summed E-state index contributed by atoms with van der Waals surface area (Å²) >= 11 is 0. The van der Waals surface area contributed by atoms with E-state index in [9.17, 15) is 52.7 Å². The normalized spacial score (nSPS) is 13.1. The third-order valence-electron chi connectivity index (χ3n) is 5.05. The third kappa shape index (κ3) is 5.64. The molecule has 0 fully saturated rings. The summed E-state index contributed by atoms with van der Waals surface area (Å²) in [7, 11) is 0. The topological polar surface area (TPSA) is 55.3 Å². The average molecular weight is 547 g/mol. The summed E-state index contributed by atoms with van der Waals surface area (Å²) in [6.07, 6.45) is -21.7. The third-order valence-corrected chi connectivity index (χ3v) is 5.05. The van der Waals surface area contributed by atoms with Gasteiger partial charge >= 0.3 is 24.7 Å². The van der Waals surface area contributed by atoms with Crippen molar-refractivity contribution in [3.8, 4) is 0 Å². The maximum absolute atomic E-state index is 13.9. The van der Waals surface area contributed by atoms with Crippen molar-refractivity contribution in [2.24, 2.45) is 0 Å². The molecule has 0 spiro atoms. The number of halogens is 12. The lowest BCUT2D eigenvalue weighted by Crippen LogP contribution is -2.23. The number of hydrogen-bond donors (Lipinski definition) is 2. The highest BCUT2D eigenvalue weighted by molar-refractivity contribution is 5.84. The Labute approximate surface area is 199 Å². The lowest BCUT2D eigenvalue weighted by molar-refractivity contribution is -0.140. The molecule has 3 aromatic rings. The molecule has 0 aliphatic heterocycles. The van der Waals surface area contributed by atoms with Crippen molar-refractivity contribution in [3.63, 3.8) is 0 Å². The van der Waals surface area contributed by atoms with Crippen molar-refractivity contribution in [1.82, 2.24) is 0 Å². The van der Waals surface area contributed by atoms with Crippen molar-refractivity contribution in [1.29, 1.82) is 0 Å². The lowest BCUT2D eigenvalue weighted by Gasteiger charge is -2.32. The van der Waals surface area contributed by atoms with E-state index in [4.69, 9.17) is 11.5 Å². The molecule has 0 bridgehead atoms. The number of nitrogen functional groups attached to an aromatic ring is 2. The van der Waals surface area contributed by atoms with Crippen LogP contribution in [0, 0.1) is 0 Å². The predicted molar refractivity (Wildman–Crippen MR) is 110 cm³/mol. The Morgan fingerprint density at radius 2 is 0.784 bits per heavy atom. The fourth-order valence-corrected chi connectivity index (χ4v) is 3.51. The van der Waals surface area contributed by atoms with Crippen LogP contribution in [0.4, 0.5) is 81.1 Å². The maximum Gasteiger partial charge on any atom is 0.418 e. The van der Waals surface area contributed by atoms with Gasteiger partial charge in [0, 0.05) is 17.1 Å². The second-order valence-electron chi connectivity index (χ2n) is 7.58. The minimum atomic E-state index is -5.49. The van der Waals surface area contributed by atoms with Gasteiger partial charge in [-0.3, -0.25) is 0 Å². The number of nitrogens with zero attached hydrogens (tertiary/aromatic N) is 1. The monoisotopic (exact) mass is 547 g/mol. The fourth-order valence-electron chi connectivity index (χ4n) is 3.51. The Hall–Kier alpha value is -3.78. The minimum Gasteiger partial charge on any atom is -0.398 e. The van der Waals surface area contributed by atoms with E-state index in [1.165, 1.54) is 6.07 Å². The van der Waals surface area contributed by atoms with Crippen LogP contribution in [0.25, 0.3) is 0 Å². The maximum atomic E-state index is 13.9. The standard InChI is InChI=1S/C22H13F12N3/c23-19(24,25)11-8-17(13(6-15(11)35)21(29,30)31)37(10-4-2-1-3-5-10)18-9-12(20(26,27)28)16(36)7-14(18)22(32,33)34/h1-9H,35-36H2. The van der Waals surface area contributed by atoms with E-state index in [0.717, 1.165) is 24.3 Å². The van der Waals surface area contributed by atoms with E-state index in [2.05, 4.69) is 0 Å². The van der Waals surface area contributed by atoms with Gasteiger partial charge in [-0.15, -0.1) is 0 Å². The number of alkyl halides is 12. The molecule has 0 saturated heterocycles. The Morgan fingerprint density at radius 1 is 0.459 bits per heavy atom. The Kier molecular flexibility index (Phi) is 6.73. The molecule has 3 nitrogen and oxygen atoms in total. The summed E-state index contributed by atoms with van der Waals surface area (Å²) in [5.41, 5.74) is -3.75. The zero-order valence-corrected chi connectivity index (χ0v) is 17.8. The number of para-hydroxylation sites is 1. The van der Waals surface area contributed by atoms with Crippen molar-refractivity contribution in [2.75, 3.05) is 16.4 Å². The molecular weight excluding hydrogens is 534 g/mol. The molecular formula is C22H13F12N3. The van der Waals surface area contributed by atoms with E-state index in [0.29, 0.717) is 0 Å². The number of anilines is 5. The van der Waals surface area contributed by atoms with Crippen LogP contribution in [0.2, 0.25) is 0 Å². The van der Waals surface area contributed by atoms with E-state index >= 15 is 0 Å². The predicted octanol–water partition coefficient (Wildman–Crippen LogP) is 8.40. The first kappa shape index (κ1) is 27.8. The molecule has 200 valence electrons. The lowest BCUT2D eigenvalue weighted by atomic mass is 10.00. The summed E-state index contributed by atoms with van der Waals surface area (Å²) < 4.78 is 165. The summed E-state index contributed by atoms with van der Waals surface area (Å²) in [6, 6.07) is 4.63. The molecule has 0 aromatic heterocycles. The van der Waals surface area contributed by atoms with Gasteiger partial charge in [-0.25, -0.2) is 0 Å². The van der Waals surface area contributed by atoms with E-state index in [1.807, 2.05) is 0 Å². The first-order valence-electron chi connectivity index (χ1n) is 9.74. The molecule has 0 heterocycles. The molecule has 0 aliphatic rings. The van der Waals surface area contributed by atoms with Crippen molar-refractivity contribution >= 4 is 28.4 Å². The molecule has 3 aromatic carbocycles. The summed E-state index contributed by atoms with van der Waals surface area (Å²) in [4.78, 5) is -0.00495. The molecule has 37 heavy (non-hydrogen) atoms. The molecule has 15 heteroatoms. The van der Waals surface area contributed by atoms with Crippen molar-refractivity contribution in [3.05, 3.63) is 76.9 Å². The summed E-state index contributed by atoms with van der Waals surface area (Å²) in [6.45, 7) is 0. The van der Waals surface area contributed by atoms with Crippen LogP contribution in [-0.4, -0.2) is 0 Å². The first-order valence-corrected chi connectivity index (χ1v) is 9.74. The molecule has 0 radical (unpaired) electrons. The van der Waals surface area contributed by atoms with Gasteiger partial charge in [0.1, 0.15) is 0 Å². The zero-order valence-electron chi connectivity index (χ0n) is 17.8. The first-order chi connectivity index (χ1) is 16.7. The van der Waals surface area contributed by atoms with Gasteiger partial charge in [0.2, 0.25) is 0 Å². The van der Waals surface area contributed by atoms with Gasteiger partial charge in [-0.2, -0.15) is 52.7 Å². The number of benzene rings is 3. The quantitative estimate of drug-likeness (QED) is 0.256. The number of rotatable bonds is 3. The zero-order chi connectivity index (χ0) is 28.1. The summed E-state index contributed by atoms with van der Waals surface area (Å²) in [5.74, 6) is 0. The van der Waals surface area contributed by atoms with Crippen LogP contribution in [0.15, 0.2) is 54.6 Å². The van der Waals surface area contributed by atoms with Gasteiger partial charge < -0.3 is 16.4 Å². The highest BCUT2D eigenvalue weighted by atomic mass is 19.4. The number of nitrogens with two attached hydrogens (primary N) is 2. The second kappa shape index (κ2) is 8.95. The highest BCUT2D eigenvalue weighted by Crippen LogP contribution is 2.51. The van der Waals surface area contributed by atoms with Gasteiger partial charge in [0.25, 0.3) is 0 Å². The average Bonchev–Trinajstić information content (AvgIpc) is 2.73. The van der Waals surface area contributed by atoms with Crippen LogP contribution < -0.4 is 16.4 Å². The largest absolute Gasteiger partial charge is 0.418 e. The Bertz CT molecular complexity index is 1210. The molecule has 0 aliphatic carbocycles.